The predicted molar refractivity (Wildman–Crippen MR) is 84.9 cm³/mol. The van der Waals surface area contributed by atoms with Crippen LogP contribution in [0, 0.1) is 11.3 Å². The molecule has 1 aromatic rings. The number of rotatable bonds is 8. The minimum absolute atomic E-state index is 0.0538. The number of halogens is 1. The molecule has 0 saturated heterocycles. The van der Waals surface area contributed by atoms with Crippen molar-refractivity contribution in [1.82, 2.24) is 10.6 Å². The van der Waals surface area contributed by atoms with E-state index in [9.17, 15) is 4.79 Å². The molecule has 0 radical (unpaired) electrons. The van der Waals surface area contributed by atoms with E-state index in [1.165, 1.54) is 0 Å². The molecule has 0 aliphatic carbocycles. The Labute approximate surface area is 133 Å². The molecule has 21 heavy (non-hydrogen) atoms. The maximum absolute atomic E-state index is 11.6. The zero-order chi connectivity index (χ0) is 15.7. The Hall–Kier alpha value is -1.58. The lowest BCUT2D eigenvalue weighted by Crippen LogP contribution is -2.30. The van der Waals surface area contributed by atoms with E-state index in [4.69, 9.17) is 10.00 Å². The van der Waals surface area contributed by atoms with Crippen LogP contribution in [0.4, 0.5) is 0 Å². The van der Waals surface area contributed by atoms with Gasteiger partial charge in [-0.05, 0) is 18.2 Å². The fourth-order valence-corrected chi connectivity index (χ4v) is 2.00. The van der Waals surface area contributed by atoms with Gasteiger partial charge < -0.3 is 15.4 Å². The van der Waals surface area contributed by atoms with Gasteiger partial charge in [0.1, 0.15) is 5.75 Å². The lowest BCUT2D eigenvalue weighted by atomic mass is 10.2. The number of hydrogen-bond donors (Lipinski definition) is 2. The summed E-state index contributed by atoms with van der Waals surface area (Å²) in [4.78, 5) is 11.6. The second kappa shape index (κ2) is 9.37. The molecular formula is C15H20BrN3O2. The summed E-state index contributed by atoms with van der Waals surface area (Å²) < 4.78 is 6.53. The smallest absolute Gasteiger partial charge is 0.257 e. The van der Waals surface area contributed by atoms with Gasteiger partial charge in [-0.3, -0.25) is 4.79 Å². The first-order chi connectivity index (χ1) is 10.0. The molecule has 1 amide bonds. The maximum atomic E-state index is 11.6. The first-order valence-corrected chi connectivity index (χ1v) is 7.60. The maximum Gasteiger partial charge on any atom is 0.257 e. The topological polar surface area (TPSA) is 74.2 Å². The summed E-state index contributed by atoms with van der Waals surface area (Å²) in [6, 6.07) is 8.02. The van der Waals surface area contributed by atoms with E-state index in [0.29, 0.717) is 31.3 Å². The molecule has 0 bridgehead atoms. The third-order valence-electron chi connectivity index (χ3n) is 2.64. The Morgan fingerprint density at radius 1 is 1.48 bits per heavy atom. The highest BCUT2D eigenvalue weighted by Crippen LogP contribution is 2.23. The molecule has 0 fully saturated rings. The number of nitriles is 1. The van der Waals surface area contributed by atoms with Crippen LogP contribution < -0.4 is 15.4 Å². The van der Waals surface area contributed by atoms with E-state index in [0.717, 1.165) is 10.0 Å². The van der Waals surface area contributed by atoms with E-state index < -0.39 is 0 Å². The summed E-state index contributed by atoms with van der Waals surface area (Å²) in [6.07, 6.45) is 0.299. The number of carbonyl (C=O) groups is 1. The van der Waals surface area contributed by atoms with Crippen molar-refractivity contribution < 1.29 is 9.53 Å². The van der Waals surface area contributed by atoms with E-state index >= 15 is 0 Å². The van der Waals surface area contributed by atoms with E-state index in [1.807, 2.05) is 24.3 Å². The fourth-order valence-electron chi connectivity index (χ4n) is 1.59. The number of carbonyl (C=O) groups excluding carboxylic acids is 1. The Balaban J connectivity index is 2.57. The number of benzene rings is 1. The molecule has 6 heteroatoms. The Morgan fingerprint density at radius 3 is 2.90 bits per heavy atom. The van der Waals surface area contributed by atoms with Crippen molar-refractivity contribution in [1.29, 1.82) is 5.26 Å². The average Bonchev–Trinajstić information content (AvgIpc) is 2.44. The fraction of sp³-hybridized carbons (Fsp3) is 0.467. The van der Waals surface area contributed by atoms with Crippen molar-refractivity contribution in [3.8, 4) is 11.8 Å². The largest absolute Gasteiger partial charge is 0.483 e. The summed E-state index contributed by atoms with van der Waals surface area (Å²) in [7, 11) is 0. The average molecular weight is 354 g/mol. The van der Waals surface area contributed by atoms with Gasteiger partial charge in [0.25, 0.3) is 5.91 Å². The molecule has 0 aliphatic heterocycles. The van der Waals surface area contributed by atoms with Crippen molar-refractivity contribution in [3.63, 3.8) is 0 Å². The zero-order valence-corrected chi connectivity index (χ0v) is 13.9. The van der Waals surface area contributed by atoms with Gasteiger partial charge in [-0.1, -0.05) is 29.8 Å². The molecule has 0 unspecified atom stereocenters. The number of nitrogens with zero attached hydrogens (tertiary/aromatic N) is 1. The molecule has 114 valence electrons. The summed E-state index contributed by atoms with van der Waals surface area (Å²) in [5, 5.41) is 14.4. The second-order valence-electron chi connectivity index (χ2n) is 4.83. The van der Waals surface area contributed by atoms with Crippen LogP contribution >= 0.6 is 15.9 Å². The van der Waals surface area contributed by atoms with Crippen LogP contribution in [-0.2, 0) is 11.3 Å². The highest BCUT2D eigenvalue weighted by Gasteiger charge is 2.08. The van der Waals surface area contributed by atoms with Crippen molar-refractivity contribution in [3.05, 3.63) is 28.2 Å². The zero-order valence-electron chi connectivity index (χ0n) is 12.3. The van der Waals surface area contributed by atoms with Crippen molar-refractivity contribution in [2.45, 2.75) is 32.9 Å². The van der Waals surface area contributed by atoms with Crippen LogP contribution in [0.25, 0.3) is 0 Å². The first kappa shape index (κ1) is 17.5. The minimum Gasteiger partial charge on any atom is -0.483 e. The molecule has 0 heterocycles. The molecule has 2 N–H and O–H groups in total. The molecule has 1 rings (SSSR count). The molecule has 0 saturated carbocycles. The number of amides is 1. The van der Waals surface area contributed by atoms with Gasteiger partial charge in [-0.25, -0.2) is 0 Å². The Bertz CT molecular complexity index is 512. The first-order valence-electron chi connectivity index (χ1n) is 6.81. The van der Waals surface area contributed by atoms with Crippen LogP contribution in [0.3, 0.4) is 0 Å². The lowest BCUT2D eigenvalue weighted by Gasteiger charge is -2.14. The summed E-state index contributed by atoms with van der Waals surface area (Å²) in [5.74, 6) is 0.456. The summed E-state index contributed by atoms with van der Waals surface area (Å²) >= 11 is 3.43. The molecule has 0 atom stereocenters. The summed E-state index contributed by atoms with van der Waals surface area (Å²) in [5.41, 5.74) is 0.989. The van der Waals surface area contributed by atoms with Crippen molar-refractivity contribution in [2.75, 3.05) is 13.2 Å². The van der Waals surface area contributed by atoms with Crippen LogP contribution in [-0.4, -0.2) is 25.1 Å². The second-order valence-corrected chi connectivity index (χ2v) is 5.75. The standard InChI is InChI=1S/C15H20BrN3O2/c1-11(2)19-9-12-8-13(16)4-5-14(12)21-10-15(20)18-7-3-6-17/h4-5,8,11,19H,3,7,9-10H2,1-2H3,(H,18,20). The normalized spacial score (nSPS) is 10.2. The Kier molecular flexibility index (Phi) is 7.80. The van der Waals surface area contributed by atoms with E-state index in [2.05, 4.69) is 40.4 Å². The van der Waals surface area contributed by atoms with Gasteiger partial charge in [0.05, 0.1) is 12.5 Å². The molecule has 0 aromatic heterocycles. The minimum atomic E-state index is -0.226. The van der Waals surface area contributed by atoms with Gasteiger partial charge >= 0.3 is 0 Å². The van der Waals surface area contributed by atoms with Crippen molar-refractivity contribution in [2.24, 2.45) is 0 Å². The van der Waals surface area contributed by atoms with Gasteiger partial charge in [-0.2, -0.15) is 5.26 Å². The lowest BCUT2D eigenvalue weighted by molar-refractivity contribution is -0.123. The molecule has 0 spiro atoms. The van der Waals surface area contributed by atoms with Crippen LogP contribution in [0.1, 0.15) is 25.8 Å². The third-order valence-corrected chi connectivity index (χ3v) is 3.13. The number of nitrogens with one attached hydrogen (secondary N) is 2. The third kappa shape index (κ3) is 7.11. The number of hydrogen-bond acceptors (Lipinski definition) is 4. The summed E-state index contributed by atoms with van der Waals surface area (Å²) in [6.45, 7) is 5.10. The highest BCUT2D eigenvalue weighted by molar-refractivity contribution is 9.10. The monoisotopic (exact) mass is 353 g/mol. The van der Waals surface area contributed by atoms with E-state index in [1.54, 1.807) is 0 Å². The van der Waals surface area contributed by atoms with Crippen LogP contribution in [0.15, 0.2) is 22.7 Å². The van der Waals surface area contributed by atoms with Crippen molar-refractivity contribution >= 4 is 21.8 Å². The van der Waals surface area contributed by atoms with Crippen LogP contribution in [0.5, 0.6) is 5.75 Å². The van der Waals surface area contributed by atoms with Gasteiger partial charge in [0.15, 0.2) is 6.61 Å². The molecule has 5 nitrogen and oxygen atoms in total. The SMILES string of the molecule is CC(C)NCc1cc(Br)ccc1OCC(=O)NCCC#N. The highest BCUT2D eigenvalue weighted by atomic mass is 79.9. The molecule has 0 aliphatic rings. The van der Waals surface area contributed by atoms with Crippen LogP contribution in [0.2, 0.25) is 0 Å². The van der Waals surface area contributed by atoms with E-state index in [-0.39, 0.29) is 12.5 Å². The number of ether oxygens (including phenoxy) is 1. The molecule has 1 aromatic carbocycles. The van der Waals surface area contributed by atoms with Gasteiger partial charge in [-0.15, -0.1) is 0 Å². The van der Waals surface area contributed by atoms with Gasteiger partial charge in [0.2, 0.25) is 0 Å². The molecular weight excluding hydrogens is 334 g/mol. The Morgan fingerprint density at radius 2 is 2.24 bits per heavy atom. The van der Waals surface area contributed by atoms with Gasteiger partial charge in [0, 0.05) is 29.2 Å². The predicted octanol–water partition coefficient (Wildman–Crippen LogP) is 2.36. The quantitative estimate of drug-likeness (QED) is 0.703.